The van der Waals surface area contributed by atoms with Gasteiger partial charge in [-0.05, 0) is 50.7 Å². The first-order chi connectivity index (χ1) is 11.7. The van der Waals surface area contributed by atoms with Gasteiger partial charge in [0.05, 0.1) is 0 Å². The molecule has 5 heteroatoms. The smallest absolute Gasteiger partial charge is 0.272 e. The fourth-order valence-corrected chi connectivity index (χ4v) is 4.01. The van der Waals surface area contributed by atoms with Gasteiger partial charge in [0.15, 0.2) is 5.69 Å². The van der Waals surface area contributed by atoms with Crippen molar-refractivity contribution in [3.05, 3.63) is 46.8 Å². The summed E-state index contributed by atoms with van der Waals surface area (Å²) >= 11 is 0. The molecule has 0 fully saturated rings. The van der Waals surface area contributed by atoms with E-state index >= 15 is 0 Å². The van der Waals surface area contributed by atoms with Gasteiger partial charge in [-0.1, -0.05) is 18.2 Å². The zero-order valence-electron chi connectivity index (χ0n) is 14.1. The van der Waals surface area contributed by atoms with Crippen LogP contribution in [0.15, 0.2) is 24.3 Å². The number of fused-ring (bicyclic) bond motifs is 2. The van der Waals surface area contributed by atoms with E-state index in [1.54, 1.807) is 0 Å². The quantitative estimate of drug-likeness (QED) is 0.908. The molecule has 2 N–H and O–H groups in total. The van der Waals surface area contributed by atoms with Gasteiger partial charge in [-0.15, -0.1) is 0 Å². The van der Waals surface area contributed by atoms with Crippen molar-refractivity contribution >= 4 is 11.6 Å². The molecule has 2 heterocycles. The first kappa shape index (κ1) is 15.2. The van der Waals surface area contributed by atoms with E-state index in [0.29, 0.717) is 18.3 Å². The molecule has 1 aliphatic carbocycles. The summed E-state index contributed by atoms with van der Waals surface area (Å²) in [7, 11) is 0. The molecule has 0 saturated carbocycles. The second-order valence-corrected chi connectivity index (χ2v) is 6.87. The highest BCUT2D eigenvalue weighted by Gasteiger charge is 2.26. The first-order valence-corrected chi connectivity index (χ1v) is 8.93. The van der Waals surface area contributed by atoms with Crippen LogP contribution in [0.1, 0.15) is 47.1 Å². The van der Waals surface area contributed by atoms with E-state index in [4.69, 9.17) is 0 Å². The Kier molecular flexibility index (Phi) is 4.00. The van der Waals surface area contributed by atoms with Crippen molar-refractivity contribution in [2.24, 2.45) is 0 Å². The number of carbonyl (C=O) groups is 1. The van der Waals surface area contributed by atoms with Crippen LogP contribution in [0.3, 0.4) is 0 Å². The third kappa shape index (κ3) is 2.68. The molecule has 0 bridgehead atoms. The van der Waals surface area contributed by atoms with Gasteiger partial charge in [-0.25, -0.2) is 0 Å². The molecule has 5 nitrogen and oxygen atoms in total. The van der Waals surface area contributed by atoms with Crippen LogP contribution in [0.5, 0.6) is 0 Å². The van der Waals surface area contributed by atoms with Crippen molar-refractivity contribution in [2.75, 3.05) is 18.0 Å². The number of aromatic nitrogens is 2. The number of carbonyl (C=O) groups excluding carboxylic acids is 1. The van der Waals surface area contributed by atoms with Crippen LogP contribution in [0, 0.1) is 0 Å². The van der Waals surface area contributed by atoms with Crippen LogP contribution in [0.2, 0.25) is 0 Å². The van der Waals surface area contributed by atoms with Gasteiger partial charge in [-0.3, -0.25) is 9.89 Å². The monoisotopic (exact) mass is 324 g/mol. The summed E-state index contributed by atoms with van der Waals surface area (Å²) in [5.74, 6) is -0.0467. The third-order valence-electron chi connectivity index (χ3n) is 5.26. The number of amides is 1. The summed E-state index contributed by atoms with van der Waals surface area (Å²) in [6.07, 6.45) is 5.39. The highest BCUT2D eigenvalue weighted by atomic mass is 16.1. The maximum absolute atomic E-state index is 12.5. The fraction of sp³-hybridized carbons (Fsp3) is 0.474. The van der Waals surface area contributed by atoms with Crippen molar-refractivity contribution in [1.82, 2.24) is 15.5 Å². The van der Waals surface area contributed by atoms with Gasteiger partial charge >= 0.3 is 0 Å². The Morgan fingerprint density at radius 3 is 3.08 bits per heavy atom. The number of nitrogens with one attached hydrogen (secondary N) is 2. The lowest BCUT2D eigenvalue weighted by atomic mass is 9.96. The molecule has 1 atom stereocenters. The van der Waals surface area contributed by atoms with Crippen LogP contribution in [-0.4, -0.2) is 35.2 Å². The van der Waals surface area contributed by atoms with Gasteiger partial charge in [0.2, 0.25) is 0 Å². The van der Waals surface area contributed by atoms with E-state index in [9.17, 15) is 4.79 Å². The number of rotatable bonds is 4. The number of aromatic amines is 1. The Morgan fingerprint density at radius 1 is 1.33 bits per heavy atom. The van der Waals surface area contributed by atoms with Crippen molar-refractivity contribution < 1.29 is 4.79 Å². The minimum atomic E-state index is -0.0467. The largest absolute Gasteiger partial charge is 0.367 e. The SMILES string of the molecule is C[C@@H]1Cc2ccccc2N1CCNC(=O)c1n[nH]c2c1CCCC2. The van der Waals surface area contributed by atoms with Gasteiger partial charge in [-0.2, -0.15) is 5.10 Å². The third-order valence-corrected chi connectivity index (χ3v) is 5.26. The van der Waals surface area contributed by atoms with Crippen LogP contribution < -0.4 is 10.2 Å². The van der Waals surface area contributed by atoms with Gasteiger partial charge in [0.25, 0.3) is 5.91 Å². The molecule has 1 aliphatic heterocycles. The van der Waals surface area contributed by atoms with Gasteiger partial charge in [0, 0.05) is 36.1 Å². The first-order valence-electron chi connectivity index (χ1n) is 8.93. The topological polar surface area (TPSA) is 61.0 Å². The molecule has 1 amide bonds. The summed E-state index contributed by atoms with van der Waals surface area (Å²) in [5, 5.41) is 10.3. The van der Waals surface area contributed by atoms with Crippen molar-refractivity contribution in [3.8, 4) is 0 Å². The zero-order chi connectivity index (χ0) is 16.5. The van der Waals surface area contributed by atoms with Crippen LogP contribution >= 0.6 is 0 Å². The maximum atomic E-state index is 12.5. The predicted molar refractivity (Wildman–Crippen MR) is 94.5 cm³/mol. The average Bonchev–Trinajstić information content (AvgIpc) is 3.16. The van der Waals surface area contributed by atoms with Crippen LogP contribution in [0.4, 0.5) is 5.69 Å². The molecule has 24 heavy (non-hydrogen) atoms. The minimum absolute atomic E-state index is 0.0467. The van der Waals surface area contributed by atoms with Gasteiger partial charge in [0.1, 0.15) is 0 Å². The number of anilines is 1. The molecule has 0 radical (unpaired) electrons. The Balaban J connectivity index is 1.38. The van der Waals surface area contributed by atoms with Crippen LogP contribution in [0.25, 0.3) is 0 Å². The molecule has 126 valence electrons. The molecule has 1 aromatic heterocycles. The van der Waals surface area contributed by atoms with E-state index in [1.807, 2.05) is 0 Å². The number of nitrogens with zero attached hydrogens (tertiary/aromatic N) is 2. The summed E-state index contributed by atoms with van der Waals surface area (Å²) < 4.78 is 0. The fourth-order valence-electron chi connectivity index (χ4n) is 4.01. The number of hydrogen-bond acceptors (Lipinski definition) is 3. The average molecular weight is 324 g/mol. The lowest BCUT2D eigenvalue weighted by Crippen LogP contribution is -2.38. The molecule has 0 spiro atoms. The highest BCUT2D eigenvalue weighted by molar-refractivity contribution is 5.94. The van der Waals surface area contributed by atoms with E-state index in [-0.39, 0.29) is 5.91 Å². The van der Waals surface area contributed by atoms with Crippen molar-refractivity contribution in [2.45, 2.75) is 45.1 Å². The minimum Gasteiger partial charge on any atom is -0.367 e. The standard InChI is InChI=1S/C19H24N4O/c1-13-12-14-6-2-5-9-17(14)23(13)11-10-20-19(24)18-15-7-3-4-8-16(15)21-22-18/h2,5-6,9,13H,3-4,7-8,10-12H2,1H3,(H,20,24)(H,21,22)/t13-/m1/s1. The Bertz CT molecular complexity index is 752. The molecule has 4 rings (SSSR count). The molecular formula is C19H24N4O. The zero-order valence-corrected chi connectivity index (χ0v) is 14.1. The normalized spacial score (nSPS) is 19.0. The van der Waals surface area contributed by atoms with E-state index in [0.717, 1.165) is 43.5 Å². The Labute approximate surface area is 142 Å². The summed E-state index contributed by atoms with van der Waals surface area (Å²) in [5.41, 5.74) is 5.57. The summed E-state index contributed by atoms with van der Waals surface area (Å²) in [4.78, 5) is 14.9. The summed E-state index contributed by atoms with van der Waals surface area (Å²) in [6.45, 7) is 3.71. The molecule has 2 aliphatic rings. The molecular weight excluding hydrogens is 300 g/mol. The molecule has 2 aromatic rings. The molecule has 1 aromatic carbocycles. The lowest BCUT2D eigenvalue weighted by molar-refractivity contribution is 0.0948. The van der Waals surface area contributed by atoms with Crippen molar-refractivity contribution in [1.29, 1.82) is 0 Å². The Morgan fingerprint density at radius 2 is 2.17 bits per heavy atom. The molecule has 0 unspecified atom stereocenters. The Hall–Kier alpha value is -2.30. The lowest BCUT2D eigenvalue weighted by Gasteiger charge is -2.25. The number of benzene rings is 1. The van der Waals surface area contributed by atoms with E-state index in [2.05, 4.69) is 51.6 Å². The second kappa shape index (κ2) is 6.30. The summed E-state index contributed by atoms with van der Waals surface area (Å²) in [6, 6.07) is 9.03. The van der Waals surface area contributed by atoms with Gasteiger partial charge < -0.3 is 10.2 Å². The van der Waals surface area contributed by atoms with E-state index in [1.165, 1.54) is 17.7 Å². The van der Waals surface area contributed by atoms with E-state index < -0.39 is 0 Å². The molecule has 0 saturated heterocycles. The van der Waals surface area contributed by atoms with Crippen molar-refractivity contribution in [3.63, 3.8) is 0 Å². The van der Waals surface area contributed by atoms with Crippen LogP contribution in [-0.2, 0) is 19.3 Å². The number of aryl methyl sites for hydroxylation is 1. The second-order valence-electron chi connectivity index (χ2n) is 6.87. The number of para-hydroxylation sites is 1. The maximum Gasteiger partial charge on any atom is 0.272 e. The highest BCUT2D eigenvalue weighted by Crippen LogP contribution is 2.31. The predicted octanol–water partition coefficient (Wildman–Crippen LogP) is 2.47. The number of hydrogen-bond donors (Lipinski definition) is 2. The number of H-pyrrole nitrogens is 1.